The van der Waals surface area contributed by atoms with Crippen LogP contribution in [-0.4, -0.2) is 51.0 Å². The number of hydrogen-bond donors (Lipinski definition) is 0. The summed E-state index contributed by atoms with van der Waals surface area (Å²) >= 11 is 0. The largest absolute Gasteiger partial charge is 0.497 e. The molecule has 0 saturated carbocycles. The van der Waals surface area contributed by atoms with Gasteiger partial charge in [-0.05, 0) is 42.3 Å². The van der Waals surface area contributed by atoms with Crippen molar-refractivity contribution in [3.8, 4) is 11.5 Å². The van der Waals surface area contributed by atoms with Gasteiger partial charge in [-0.3, -0.25) is 4.79 Å². The van der Waals surface area contributed by atoms with Gasteiger partial charge in [-0.25, -0.2) is 8.42 Å². The molecule has 1 saturated heterocycles. The highest BCUT2D eigenvalue weighted by atomic mass is 32.2. The first-order chi connectivity index (χ1) is 12.9. The minimum atomic E-state index is -3.11. The number of hydrogen-bond acceptors (Lipinski definition) is 5. The molecule has 1 heterocycles. The van der Waals surface area contributed by atoms with Crippen LogP contribution in [0.4, 0.5) is 0 Å². The van der Waals surface area contributed by atoms with Crippen molar-refractivity contribution in [2.45, 2.75) is 19.0 Å². The molecule has 2 aromatic carbocycles. The number of rotatable bonds is 6. The zero-order chi connectivity index (χ0) is 19.4. The molecule has 0 aromatic heterocycles. The average Bonchev–Trinajstić information content (AvgIpc) is 3.05. The number of methoxy groups -OCH3 is 2. The van der Waals surface area contributed by atoms with E-state index in [-0.39, 0.29) is 23.5 Å². The zero-order valence-corrected chi connectivity index (χ0v) is 16.2. The van der Waals surface area contributed by atoms with E-state index < -0.39 is 9.84 Å². The van der Waals surface area contributed by atoms with Crippen LogP contribution in [0.25, 0.3) is 0 Å². The minimum Gasteiger partial charge on any atom is -0.497 e. The van der Waals surface area contributed by atoms with Gasteiger partial charge in [0.1, 0.15) is 11.5 Å². The number of ether oxygens (including phenoxy) is 2. The lowest BCUT2D eigenvalue weighted by atomic mass is 10.1. The van der Waals surface area contributed by atoms with E-state index >= 15 is 0 Å². The average molecular weight is 389 g/mol. The molecular weight excluding hydrogens is 366 g/mol. The quantitative estimate of drug-likeness (QED) is 0.759. The van der Waals surface area contributed by atoms with Crippen LogP contribution in [0, 0.1) is 0 Å². The lowest BCUT2D eigenvalue weighted by Gasteiger charge is -2.28. The van der Waals surface area contributed by atoms with Crippen LogP contribution in [0.1, 0.15) is 22.3 Å². The molecule has 144 valence electrons. The Balaban J connectivity index is 1.89. The van der Waals surface area contributed by atoms with Gasteiger partial charge < -0.3 is 14.4 Å². The standard InChI is InChI=1S/C20H23NO5S/c1-25-18-8-6-15(7-9-18)13-21(17-10-11-27(23,24)14-17)20(22)16-4-3-5-19(12-16)26-2/h3-9,12,17H,10-11,13-14H2,1-2H3/t17-/m0/s1. The Kier molecular flexibility index (Phi) is 5.70. The predicted octanol–water partition coefficient (Wildman–Crippen LogP) is 2.53. The second-order valence-corrected chi connectivity index (χ2v) is 8.80. The third-order valence-corrected chi connectivity index (χ3v) is 6.49. The fourth-order valence-corrected chi connectivity index (χ4v) is 4.97. The molecule has 1 aliphatic heterocycles. The van der Waals surface area contributed by atoms with E-state index in [9.17, 15) is 13.2 Å². The van der Waals surface area contributed by atoms with Crippen LogP contribution < -0.4 is 9.47 Å². The molecule has 1 aliphatic rings. The van der Waals surface area contributed by atoms with Crippen LogP contribution in [0.5, 0.6) is 11.5 Å². The Morgan fingerprint density at radius 2 is 1.78 bits per heavy atom. The Morgan fingerprint density at radius 3 is 2.37 bits per heavy atom. The van der Waals surface area contributed by atoms with E-state index in [2.05, 4.69) is 0 Å². The van der Waals surface area contributed by atoms with Crippen molar-refractivity contribution in [2.75, 3.05) is 25.7 Å². The van der Waals surface area contributed by atoms with Crippen molar-refractivity contribution in [3.05, 3.63) is 59.7 Å². The maximum absolute atomic E-state index is 13.2. The molecule has 0 bridgehead atoms. The van der Waals surface area contributed by atoms with Crippen molar-refractivity contribution in [1.82, 2.24) is 4.90 Å². The van der Waals surface area contributed by atoms with Crippen LogP contribution >= 0.6 is 0 Å². The molecule has 0 spiro atoms. The number of amides is 1. The Labute approximate surface area is 159 Å². The van der Waals surface area contributed by atoms with E-state index in [1.165, 1.54) is 0 Å². The van der Waals surface area contributed by atoms with Crippen LogP contribution in [0.2, 0.25) is 0 Å². The molecule has 0 N–H and O–H groups in total. The maximum atomic E-state index is 13.2. The summed E-state index contributed by atoms with van der Waals surface area (Å²) in [7, 11) is 0.0276. The number of carbonyl (C=O) groups is 1. The van der Waals surface area contributed by atoms with Gasteiger partial charge in [0.25, 0.3) is 5.91 Å². The summed E-state index contributed by atoms with van der Waals surface area (Å²) in [4.78, 5) is 14.8. The normalized spacial score (nSPS) is 18.1. The Bertz CT molecular complexity index is 908. The zero-order valence-electron chi connectivity index (χ0n) is 15.4. The number of benzene rings is 2. The van der Waals surface area contributed by atoms with E-state index in [4.69, 9.17) is 9.47 Å². The summed E-state index contributed by atoms with van der Waals surface area (Å²) in [5.74, 6) is 1.23. The summed E-state index contributed by atoms with van der Waals surface area (Å²) in [6.45, 7) is 0.334. The van der Waals surface area contributed by atoms with Gasteiger partial charge in [0.2, 0.25) is 0 Å². The van der Waals surface area contributed by atoms with Crippen molar-refractivity contribution in [2.24, 2.45) is 0 Å². The first-order valence-electron chi connectivity index (χ1n) is 8.70. The first kappa shape index (κ1) is 19.2. The summed E-state index contributed by atoms with van der Waals surface area (Å²) in [5, 5.41) is 0. The lowest BCUT2D eigenvalue weighted by Crippen LogP contribution is -2.40. The van der Waals surface area contributed by atoms with E-state index in [1.807, 2.05) is 24.3 Å². The van der Waals surface area contributed by atoms with Crippen molar-refractivity contribution < 1.29 is 22.7 Å². The lowest BCUT2D eigenvalue weighted by molar-refractivity contribution is 0.0680. The molecule has 0 radical (unpaired) electrons. The first-order valence-corrected chi connectivity index (χ1v) is 10.5. The van der Waals surface area contributed by atoms with Gasteiger partial charge in [0.05, 0.1) is 25.7 Å². The highest BCUT2D eigenvalue weighted by Crippen LogP contribution is 2.24. The molecule has 1 fully saturated rings. The SMILES string of the molecule is COc1ccc(CN(C(=O)c2cccc(OC)c2)[C@H]2CCS(=O)(=O)C2)cc1. The molecular formula is C20H23NO5S. The van der Waals surface area contributed by atoms with Gasteiger partial charge >= 0.3 is 0 Å². The van der Waals surface area contributed by atoms with Crippen molar-refractivity contribution in [3.63, 3.8) is 0 Å². The number of sulfone groups is 1. The summed E-state index contributed by atoms with van der Waals surface area (Å²) in [6.07, 6.45) is 0.453. The second kappa shape index (κ2) is 8.00. The molecule has 2 aromatic rings. The number of carbonyl (C=O) groups excluding carboxylic acids is 1. The van der Waals surface area contributed by atoms with E-state index in [0.717, 1.165) is 11.3 Å². The third-order valence-electron chi connectivity index (χ3n) is 4.74. The van der Waals surface area contributed by atoms with Crippen LogP contribution in [0.15, 0.2) is 48.5 Å². The summed E-state index contributed by atoms with van der Waals surface area (Å²) < 4.78 is 34.3. The van der Waals surface area contributed by atoms with Crippen molar-refractivity contribution in [1.29, 1.82) is 0 Å². The van der Waals surface area contributed by atoms with Crippen LogP contribution in [0.3, 0.4) is 0 Å². The fourth-order valence-electron chi connectivity index (χ4n) is 3.24. The van der Waals surface area contributed by atoms with Gasteiger partial charge in [0.15, 0.2) is 9.84 Å². The van der Waals surface area contributed by atoms with E-state index in [0.29, 0.717) is 24.3 Å². The van der Waals surface area contributed by atoms with Gasteiger partial charge in [0, 0.05) is 18.2 Å². The molecule has 27 heavy (non-hydrogen) atoms. The number of nitrogens with zero attached hydrogens (tertiary/aromatic N) is 1. The van der Waals surface area contributed by atoms with E-state index in [1.54, 1.807) is 43.4 Å². The monoisotopic (exact) mass is 389 g/mol. The smallest absolute Gasteiger partial charge is 0.254 e. The van der Waals surface area contributed by atoms with Gasteiger partial charge in [-0.1, -0.05) is 18.2 Å². The van der Waals surface area contributed by atoms with Crippen molar-refractivity contribution >= 4 is 15.7 Å². The molecule has 0 aliphatic carbocycles. The summed E-state index contributed by atoms with van der Waals surface area (Å²) in [5.41, 5.74) is 1.39. The molecule has 1 amide bonds. The molecule has 3 rings (SSSR count). The molecule has 0 unspecified atom stereocenters. The molecule has 1 atom stereocenters. The fraction of sp³-hybridized carbons (Fsp3) is 0.350. The Hall–Kier alpha value is -2.54. The Morgan fingerprint density at radius 1 is 1.07 bits per heavy atom. The molecule has 7 heteroatoms. The predicted molar refractivity (Wildman–Crippen MR) is 103 cm³/mol. The minimum absolute atomic E-state index is 0.00113. The van der Waals surface area contributed by atoms with Crippen LogP contribution in [-0.2, 0) is 16.4 Å². The highest BCUT2D eigenvalue weighted by Gasteiger charge is 2.35. The second-order valence-electron chi connectivity index (χ2n) is 6.57. The topological polar surface area (TPSA) is 72.9 Å². The van der Waals surface area contributed by atoms with Gasteiger partial charge in [-0.2, -0.15) is 0 Å². The molecule has 6 nitrogen and oxygen atoms in total. The third kappa shape index (κ3) is 4.60. The summed E-state index contributed by atoms with van der Waals surface area (Å²) in [6, 6.07) is 14.0. The van der Waals surface area contributed by atoms with Gasteiger partial charge in [-0.15, -0.1) is 0 Å². The maximum Gasteiger partial charge on any atom is 0.254 e. The highest BCUT2D eigenvalue weighted by molar-refractivity contribution is 7.91.